The Kier molecular flexibility index (Phi) is 4.66. The number of carbonyl (C=O) groups excluding carboxylic acids is 1. The largest absolute Gasteiger partial charge is 0.454 e. The summed E-state index contributed by atoms with van der Waals surface area (Å²) in [6.45, 7) is 2.01. The molecule has 2 rings (SSSR count). The molecule has 1 aromatic carbocycles. The van der Waals surface area contributed by atoms with Crippen LogP contribution >= 0.6 is 12.6 Å². The maximum atomic E-state index is 11.8. The molecule has 2 N–H and O–H groups in total. The number of benzene rings is 1. The second kappa shape index (κ2) is 6.25. The van der Waals surface area contributed by atoms with Gasteiger partial charge in [0, 0.05) is 18.6 Å². The van der Waals surface area contributed by atoms with Gasteiger partial charge in [-0.25, -0.2) is 0 Å². The monoisotopic (exact) mass is 266 g/mol. The molecule has 0 aromatic heterocycles. The zero-order valence-electron chi connectivity index (χ0n) is 10.5. The lowest BCUT2D eigenvalue weighted by Crippen LogP contribution is -2.87. The minimum Gasteiger partial charge on any atom is -0.454 e. The van der Waals surface area contributed by atoms with Gasteiger partial charge < -0.3 is 10.1 Å². The van der Waals surface area contributed by atoms with Crippen LogP contribution in [0.25, 0.3) is 0 Å². The van der Waals surface area contributed by atoms with Gasteiger partial charge in [-0.05, 0) is 5.56 Å². The van der Waals surface area contributed by atoms with Gasteiger partial charge >= 0.3 is 5.97 Å². The Labute approximate surface area is 113 Å². The maximum absolute atomic E-state index is 11.8. The Morgan fingerprint density at radius 1 is 1.28 bits per heavy atom. The molecular weight excluding hydrogens is 246 g/mol. The van der Waals surface area contributed by atoms with E-state index in [1.54, 1.807) is 0 Å². The predicted molar refractivity (Wildman–Crippen MR) is 73.6 cm³/mol. The highest BCUT2D eigenvalue weighted by atomic mass is 32.1. The highest BCUT2D eigenvalue weighted by Gasteiger charge is 2.39. The molecule has 1 saturated heterocycles. The molecule has 3 nitrogen and oxygen atoms in total. The zero-order chi connectivity index (χ0) is 12.8. The van der Waals surface area contributed by atoms with E-state index in [4.69, 9.17) is 4.74 Å². The molecule has 1 aliphatic heterocycles. The van der Waals surface area contributed by atoms with E-state index in [-0.39, 0.29) is 5.97 Å². The molecule has 1 heterocycles. The number of quaternary nitrogens is 1. The SMILES string of the molecule is O=C(CCS)OC1(c2ccccc2)CC[NH2+]CC1. The Bertz CT molecular complexity index is 388. The summed E-state index contributed by atoms with van der Waals surface area (Å²) < 4.78 is 5.80. The average Bonchev–Trinajstić information content (AvgIpc) is 2.41. The van der Waals surface area contributed by atoms with Crippen molar-refractivity contribution in [3.05, 3.63) is 35.9 Å². The van der Waals surface area contributed by atoms with Gasteiger partial charge in [0.15, 0.2) is 0 Å². The van der Waals surface area contributed by atoms with Crippen LogP contribution in [0, 0.1) is 0 Å². The van der Waals surface area contributed by atoms with E-state index in [9.17, 15) is 4.79 Å². The summed E-state index contributed by atoms with van der Waals surface area (Å²) >= 11 is 4.09. The van der Waals surface area contributed by atoms with Crippen molar-refractivity contribution in [1.82, 2.24) is 0 Å². The number of carbonyl (C=O) groups is 1. The van der Waals surface area contributed by atoms with Crippen LogP contribution in [0.5, 0.6) is 0 Å². The van der Waals surface area contributed by atoms with E-state index in [0.717, 1.165) is 31.5 Å². The number of esters is 1. The smallest absolute Gasteiger partial charge is 0.307 e. The van der Waals surface area contributed by atoms with Gasteiger partial charge in [0.25, 0.3) is 0 Å². The number of nitrogens with two attached hydrogens (primary N) is 1. The molecule has 0 amide bonds. The maximum Gasteiger partial charge on any atom is 0.307 e. The normalized spacial score (nSPS) is 18.3. The molecule has 0 saturated carbocycles. The van der Waals surface area contributed by atoms with Crippen LogP contribution < -0.4 is 5.32 Å². The third-order valence-corrected chi connectivity index (χ3v) is 3.65. The molecule has 0 unspecified atom stereocenters. The van der Waals surface area contributed by atoms with Gasteiger partial charge in [0.2, 0.25) is 0 Å². The highest BCUT2D eigenvalue weighted by Crippen LogP contribution is 2.33. The molecule has 0 radical (unpaired) electrons. The molecule has 0 atom stereocenters. The summed E-state index contributed by atoms with van der Waals surface area (Å²) in [4.78, 5) is 11.8. The van der Waals surface area contributed by atoms with Crippen LogP contribution in [0.15, 0.2) is 30.3 Å². The highest BCUT2D eigenvalue weighted by molar-refractivity contribution is 7.80. The number of hydrogen-bond acceptors (Lipinski definition) is 3. The standard InChI is InChI=1S/C14H19NO2S/c16-13(6-11-18)17-14(7-9-15-10-8-14)12-4-2-1-3-5-12/h1-5,15,18H,6-11H2/p+1. The average molecular weight is 266 g/mol. The zero-order valence-corrected chi connectivity index (χ0v) is 11.4. The second-order valence-electron chi connectivity index (χ2n) is 4.67. The minimum absolute atomic E-state index is 0.143. The molecule has 18 heavy (non-hydrogen) atoms. The first-order valence-corrected chi connectivity index (χ1v) is 7.10. The van der Waals surface area contributed by atoms with E-state index < -0.39 is 5.60 Å². The van der Waals surface area contributed by atoms with Crippen LogP contribution in [0.1, 0.15) is 24.8 Å². The van der Waals surface area contributed by atoms with E-state index in [2.05, 4.69) is 30.1 Å². The fourth-order valence-corrected chi connectivity index (χ4v) is 2.67. The number of rotatable bonds is 4. The molecule has 4 heteroatoms. The third kappa shape index (κ3) is 3.06. The molecule has 1 aromatic rings. The van der Waals surface area contributed by atoms with E-state index in [1.807, 2.05) is 18.2 Å². The quantitative estimate of drug-likeness (QED) is 0.633. The topological polar surface area (TPSA) is 42.9 Å². The predicted octanol–water partition coefficient (Wildman–Crippen LogP) is 1.10. The summed E-state index contributed by atoms with van der Waals surface area (Å²) in [6, 6.07) is 10.1. The summed E-state index contributed by atoms with van der Waals surface area (Å²) in [5.41, 5.74) is 0.696. The summed E-state index contributed by atoms with van der Waals surface area (Å²) in [7, 11) is 0. The van der Waals surface area contributed by atoms with Crippen molar-refractivity contribution in [2.45, 2.75) is 24.9 Å². The van der Waals surface area contributed by atoms with Crippen molar-refractivity contribution in [2.24, 2.45) is 0 Å². The molecular formula is C14H20NO2S+. The lowest BCUT2D eigenvalue weighted by molar-refractivity contribution is -0.668. The molecule has 0 bridgehead atoms. The Morgan fingerprint density at radius 3 is 2.56 bits per heavy atom. The Hall–Kier alpha value is -1.00. The first-order valence-electron chi connectivity index (χ1n) is 6.47. The van der Waals surface area contributed by atoms with Crippen LogP contribution in [-0.2, 0) is 15.1 Å². The Balaban J connectivity index is 2.20. The number of hydrogen-bond donors (Lipinski definition) is 2. The number of ether oxygens (including phenoxy) is 1. The van der Waals surface area contributed by atoms with Crippen molar-refractivity contribution < 1.29 is 14.8 Å². The third-order valence-electron chi connectivity index (χ3n) is 3.43. The lowest BCUT2D eigenvalue weighted by Gasteiger charge is -2.36. The minimum atomic E-state index is -0.421. The van der Waals surface area contributed by atoms with Crippen LogP contribution in [0.4, 0.5) is 0 Å². The van der Waals surface area contributed by atoms with E-state index in [0.29, 0.717) is 12.2 Å². The summed E-state index contributed by atoms with van der Waals surface area (Å²) in [5.74, 6) is 0.395. The van der Waals surface area contributed by atoms with Gasteiger partial charge in [0.05, 0.1) is 19.5 Å². The van der Waals surface area contributed by atoms with Gasteiger partial charge in [-0.2, -0.15) is 12.6 Å². The van der Waals surface area contributed by atoms with Gasteiger partial charge in [-0.15, -0.1) is 0 Å². The molecule has 0 aliphatic carbocycles. The van der Waals surface area contributed by atoms with Crippen molar-refractivity contribution in [1.29, 1.82) is 0 Å². The fourth-order valence-electron chi connectivity index (χ4n) is 2.49. The number of thiol groups is 1. The molecule has 98 valence electrons. The van der Waals surface area contributed by atoms with Crippen molar-refractivity contribution >= 4 is 18.6 Å². The van der Waals surface area contributed by atoms with Crippen LogP contribution in [0.2, 0.25) is 0 Å². The number of piperidine rings is 1. The molecule has 1 fully saturated rings. The molecule has 1 aliphatic rings. The Morgan fingerprint density at radius 2 is 1.94 bits per heavy atom. The lowest BCUT2D eigenvalue weighted by atomic mass is 9.85. The van der Waals surface area contributed by atoms with Crippen LogP contribution in [-0.4, -0.2) is 24.8 Å². The van der Waals surface area contributed by atoms with Crippen LogP contribution in [0.3, 0.4) is 0 Å². The molecule has 0 spiro atoms. The fraction of sp³-hybridized carbons (Fsp3) is 0.500. The van der Waals surface area contributed by atoms with E-state index >= 15 is 0 Å². The first kappa shape index (κ1) is 13.4. The second-order valence-corrected chi connectivity index (χ2v) is 5.12. The van der Waals surface area contributed by atoms with Crippen molar-refractivity contribution in [3.8, 4) is 0 Å². The first-order chi connectivity index (χ1) is 8.77. The summed E-state index contributed by atoms with van der Waals surface area (Å²) in [5, 5.41) is 2.27. The van der Waals surface area contributed by atoms with Crippen molar-refractivity contribution in [3.63, 3.8) is 0 Å². The summed E-state index contributed by atoms with van der Waals surface area (Å²) in [6.07, 6.45) is 2.14. The van der Waals surface area contributed by atoms with Gasteiger partial charge in [0.1, 0.15) is 5.60 Å². The van der Waals surface area contributed by atoms with Gasteiger partial charge in [-0.1, -0.05) is 30.3 Å². The van der Waals surface area contributed by atoms with Crippen molar-refractivity contribution in [2.75, 3.05) is 18.8 Å². The van der Waals surface area contributed by atoms with Gasteiger partial charge in [-0.3, -0.25) is 4.79 Å². The van der Waals surface area contributed by atoms with E-state index in [1.165, 1.54) is 0 Å².